The third kappa shape index (κ3) is 4.75. The van der Waals surface area contributed by atoms with Gasteiger partial charge in [0.1, 0.15) is 5.75 Å². The van der Waals surface area contributed by atoms with Crippen molar-refractivity contribution in [3.8, 4) is 5.75 Å². The molecule has 0 atom stereocenters. The number of carbonyl (C=O) groups excluding carboxylic acids is 1. The number of nitrogens with zero attached hydrogens (tertiary/aromatic N) is 3. The Balaban J connectivity index is 2.02. The highest BCUT2D eigenvalue weighted by molar-refractivity contribution is 5.95. The first kappa shape index (κ1) is 19.3. The summed E-state index contributed by atoms with van der Waals surface area (Å²) in [4.78, 5) is 16.2. The number of amides is 1. The van der Waals surface area contributed by atoms with Gasteiger partial charge in [0, 0.05) is 55.8 Å². The molecule has 0 aromatic heterocycles. The minimum atomic E-state index is -0.300. The molecular formula is C20H26N4O2. The minimum Gasteiger partial charge on any atom is -0.507 e. The van der Waals surface area contributed by atoms with Crippen LogP contribution in [0.4, 0.5) is 11.4 Å². The topological polar surface area (TPSA) is 68.2 Å². The maximum absolute atomic E-state index is 12.1. The summed E-state index contributed by atoms with van der Waals surface area (Å²) in [5.74, 6) is -0.173. The van der Waals surface area contributed by atoms with E-state index in [0.29, 0.717) is 11.1 Å². The van der Waals surface area contributed by atoms with Gasteiger partial charge in [0.2, 0.25) is 0 Å². The lowest BCUT2D eigenvalue weighted by Gasteiger charge is -2.21. The molecule has 138 valence electrons. The average molecular weight is 354 g/mol. The number of aromatic hydroxyl groups is 1. The van der Waals surface area contributed by atoms with Crippen molar-refractivity contribution in [1.29, 1.82) is 0 Å². The second-order valence-electron chi connectivity index (χ2n) is 6.06. The van der Waals surface area contributed by atoms with E-state index in [-0.39, 0.29) is 11.7 Å². The maximum Gasteiger partial charge on any atom is 0.271 e. The van der Waals surface area contributed by atoms with Crippen LogP contribution in [0, 0.1) is 0 Å². The van der Waals surface area contributed by atoms with Crippen molar-refractivity contribution in [3.63, 3.8) is 0 Å². The van der Waals surface area contributed by atoms with Gasteiger partial charge in [-0.1, -0.05) is 0 Å². The van der Waals surface area contributed by atoms with Crippen LogP contribution in [0.1, 0.15) is 29.8 Å². The van der Waals surface area contributed by atoms with Gasteiger partial charge >= 0.3 is 0 Å². The fourth-order valence-corrected chi connectivity index (χ4v) is 2.56. The molecule has 0 spiro atoms. The van der Waals surface area contributed by atoms with Crippen LogP contribution in [0.3, 0.4) is 0 Å². The van der Waals surface area contributed by atoms with Gasteiger partial charge in [0.25, 0.3) is 5.91 Å². The highest BCUT2D eigenvalue weighted by Crippen LogP contribution is 2.23. The first-order chi connectivity index (χ1) is 12.5. The third-order valence-corrected chi connectivity index (χ3v) is 4.16. The van der Waals surface area contributed by atoms with E-state index in [9.17, 15) is 9.90 Å². The van der Waals surface area contributed by atoms with Gasteiger partial charge in [-0.25, -0.2) is 5.43 Å². The Morgan fingerprint density at radius 1 is 1.08 bits per heavy atom. The van der Waals surface area contributed by atoms with Crippen LogP contribution < -0.4 is 15.2 Å². The van der Waals surface area contributed by atoms with E-state index in [2.05, 4.69) is 29.3 Å². The van der Waals surface area contributed by atoms with Gasteiger partial charge in [0.05, 0.1) is 6.21 Å². The smallest absolute Gasteiger partial charge is 0.271 e. The van der Waals surface area contributed by atoms with Crippen molar-refractivity contribution in [1.82, 2.24) is 5.43 Å². The van der Waals surface area contributed by atoms with Crippen molar-refractivity contribution in [2.24, 2.45) is 5.10 Å². The number of benzene rings is 2. The Morgan fingerprint density at radius 2 is 1.69 bits per heavy atom. The van der Waals surface area contributed by atoms with Crippen molar-refractivity contribution >= 4 is 23.5 Å². The number of carbonyl (C=O) groups is 1. The number of phenolic OH excluding ortho intramolecular Hbond substituents is 1. The summed E-state index contributed by atoms with van der Waals surface area (Å²) < 4.78 is 0. The molecule has 6 heteroatoms. The van der Waals surface area contributed by atoms with Crippen molar-refractivity contribution in [2.75, 3.05) is 37.0 Å². The van der Waals surface area contributed by atoms with Crippen molar-refractivity contribution < 1.29 is 9.90 Å². The zero-order valence-electron chi connectivity index (χ0n) is 15.7. The Labute approximate surface area is 154 Å². The number of rotatable bonds is 7. The van der Waals surface area contributed by atoms with Crippen LogP contribution in [0.5, 0.6) is 5.75 Å². The van der Waals surface area contributed by atoms with E-state index in [1.165, 1.54) is 6.21 Å². The minimum absolute atomic E-state index is 0.128. The van der Waals surface area contributed by atoms with E-state index in [1.54, 1.807) is 24.3 Å². The number of hydrogen-bond acceptors (Lipinski definition) is 5. The zero-order chi connectivity index (χ0) is 19.1. The van der Waals surface area contributed by atoms with E-state index in [0.717, 1.165) is 24.5 Å². The zero-order valence-corrected chi connectivity index (χ0v) is 15.7. The molecule has 1 amide bonds. The van der Waals surface area contributed by atoms with Crippen molar-refractivity contribution in [2.45, 2.75) is 13.8 Å². The van der Waals surface area contributed by atoms with Gasteiger partial charge in [-0.2, -0.15) is 5.10 Å². The molecule has 0 heterocycles. The van der Waals surface area contributed by atoms with E-state index in [1.807, 2.05) is 37.2 Å². The Bertz CT molecular complexity index is 766. The molecule has 0 aliphatic heterocycles. The van der Waals surface area contributed by atoms with Crippen molar-refractivity contribution in [3.05, 3.63) is 53.6 Å². The van der Waals surface area contributed by atoms with Crippen LogP contribution in [-0.2, 0) is 0 Å². The molecule has 0 saturated carbocycles. The predicted octanol–water partition coefficient (Wildman–Crippen LogP) is 3.07. The third-order valence-electron chi connectivity index (χ3n) is 4.16. The summed E-state index contributed by atoms with van der Waals surface area (Å²) >= 11 is 0. The summed E-state index contributed by atoms with van der Waals surface area (Å²) in [6, 6.07) is 12.6. The molecular weight excluding hydrogens is 328 g/mol. The van der Waals surface area contributed by atoms with Gasteiger partial charge in [0.15, 0.2) is 0 Å². The second-order valence-corrected chi connectivity index (χ2v) is 6.06. The van der Waals surface area contributed by atoms with Gasteiger partial charge in [-0.05, 0) is 50.2 Å². The van der Waals surface area contributed by atoms with Gasteiger partial charge < -0.3 is 14.9 Å². The summed E-state index contributed by atoms with van der Waals surface area (Å²) in [5.41, 5.74) is 5.52. The maximum atomic E-state index is 12.1. The molecule has 2 aromatic rings. The normalized spacial score (nSPS) is 10.8. The highest BCUT2D eigenvalue weighted by atomic mass is 16.3. The Morgan fingerprint density at radius 3 is 2.23 bits per heavy atom. The monoisotopic (exact) mass is 354 g/mol. The quantitative estimate of drug-likeness (QED) is 0.592. The molecule has 0 saturated heterocycles. The molecule has 0 radical (unpaired) electrons. The predicted molar refractivity (Wildman–Crippen MR) is 107 cm³/mol. The van der Waals surface area contributed by atoms with Gasteiger partial charge in [-0.15, -0.1) is 0 Å². The fraction of sp³-hybridized carbons (Fsp3) is 0.300. The SMILES string of the molecule is CCN(CC)c1ccc(/C=N/NC(=O)c2ccc(N(C)C)cc2)c(O)c1. The molecule has 0 aliphatic carbocycles. The molecule has 26 heavy (non-hydrogen) atoms. The Hall–Kier alpha value is -3.02. The lowest BCUT2D eigenvalue weighted by atomic mass is 10.2. The lowest BCUT2D eigenvalue weighted by Crippen LogP contribution is -2.21. The first-order valence-electron chi connectivity index (χ1n) is 8.65. The van der Waals surface area contributed by atoms with E-state index >= 15 is 0 Å². The first-order valence-corrected chi connectivity index (χ1v) is 8.65. The molecule has 2 rings (SSSR count). The number of nitrogens with one attached hydrogen (secondary N) is 1. The number of anilines is 2. The van der Waals surface area contributed by atoms with Gasteiger partial charge in [-0.3, -0.25) is 4.79 Å². The molecule has 6 nitrogen and oxygen atoms in total. The van der Waals surface area contributed by atoms with E-state index in [4.69, 9.17) is 0 Å². The molecule has 2 aromatic carbocycles. The van der Waals surface area contributed by atoms with Crippen LogP contribution >= 0.6 is 0 Å². The summed E-state index contributed by atoms with van der Waals surface area (Å²) in [5, 5.41) is 14.1. The number of hydrogen-bond donors (Lipinski definition) is 2. The molecule has 0 unspecified atom stereocenters. The number of hydrazone groups is 1. The fourth-order valence-electron chi connectivity index (χ4n) is 2.56. The van der Waals surface area contributed by atoms with Crippen LogP contribution in [0.2, 0.25) is 0 Å². The van der Waals surface area contributed by atoms with Crippen LogP contribution in [-0.4, -0.2) is 44.4 Å². The summed E-state index contributed by atoms with van der Waals surface area (Å²) in [6.45, 7) is 5.87. The second kappa shape index (κ2) is 8.89. The van der Waals surface area contributed by atoms with E-state index < -0.39 is 0 Å². The number of phenols is 1. The Kier molecular flexibility index (Phi) is 6.60. The largest absolute Gasteiger partial charge is 0.507 e. The van der Waals surface area contributed by atoms with Crippen LogP contribution in [0.25, 0.3) is 0 Å². The molecule has 0 aliphatic rings. The average Bonchev–Trinajstić information content (AvgIpc) is 2.64. The van der Waals surface area contributed by atoms with Crippen LogP contribution in [0.15, 0.2) is 47.6 Å². The lowest BCUT2D eigenvalue weighted by molar-refractivity contribution is 0.0955. The molecule has 0 bridgehead atoms. The summed E-state index contributed by atoms with van der Waals surface area (Å²) in [6.07, 6.45) is 1.44. The summed E-state index contributed by atoms with van der Waals surface area (Å²) in [7, 11) is 3.88. The molecule has 0 fully saturated rings. The standard InChI is InChI=1S/C20H26N4O2/c1-5-24(6-2)18-12-9-16(19(25)13-18)14-21-22-20(26)15-7-10-17(11-8-15)23(3)4/h7-14,25H,5-6H2,1-4H3,(H,22,26)/b21-14+. The molecule has 2 N–H and O–H groups in total. The highest BCUT2D eigenvalue weighted by Gasteiger charge is 2.07.